The molecule has 0 saturated heterocycles. The van der Waals surface area contributed by atoms with Crippen molar-refractivity contribution >= 4 is 16.1 Å². The number of rotatable bonds is 3. The second kappa shape index (κ2) is 7.01. The van der Waals surface area contributed by atoms with Gasteiger partial charge in [0.05, 0.1) is 12.3 Å². The van der Waals surface area contributed by atoms with Crippen LogP contribution in [0.3, 0.4) is 0 Å². The van der Waals surface area contributed by atoms with Crippen LogP contribution in [0.4, 0.5) is 0 Å². The van der Waals surface area contributed by atoms with Crippen LogP contribution in [0.15, 0.2) is 0 Å². The number of nitrogens with one attached hydrogen (secondary N) is 1. The summed E-state index contributed by atoms with van der Waals surface area (Å²) in [5, 5.41) is 10.3. The highest BCUT2D eigenvalue weighted by atomic mass is 32.2. The Bertz CT molecular complexity index is 210. The van der Waals surface area contributed by atoms with Gasteiger partial charge < -0.3 is 10.4 Å². The molecule has 6 nitrogen and oxygen atoms in total. The van der Waals surface area contributed by atoms with Crippen molar-refractivity contribution in [3.8, 4) is 0 Å². The van der Waals surface area contributed by atoms with Gasteiger partial charge in [0, 0.05) is 0 Å². The van der Waals surface area contributed by atoms with E-state index in [0.717, 1.165) is 0 Å². The Hall–Kier alpha value is -0.660. The van der Waals surface area contributed by atoms with Crippen LogP contribution >= 0.6 is 0 Å². The minimum Gasteiger partial charge on any atom is -0.480 e. The number of carbonyl (C=O) groups is 1. The Kier molecular flexibility index (Phi) is 8.12. The standard InChI is InChI=1S/C3H7NO2.C2H6O3S/c1-4-2-3(5)6;1-2-6(3,4)5/h4H,2H2,1H3,(H,5,6);2H2,1H3,(H,3,4,5). The van der Waals surface area contributed by atoms with E-state index in [4.69, 9.17) is 9.66 Å². The van der Waals surface area contributed by atoms with Crippen molar-refractivity contribution in [3.63, 3.8) is 0 Å². The fourth-order valence-corrected chi connectivity index (χ4v) is 0.151. The lowest BCUT2D eigenvalue weighted by molar-refractivity contribution is -0.135. The van der Waals surface area contributed by atoms with Crippen molar-refractivity contribution in [3.05, 3.63) is 0 Å². The van der Waals surface area contributed by atoms with Crippen LogP contribution in [0.25, 0.3) is 0 Å². The lowest BCUT2D eigenvalue weighted by Crippen LogP contribution is -2.16. The zero-order chi connectivity index (χ0) is 10.2. The van der Waals surface area contributed by atoms with Crippen LogP contribution in [0.5, 0.6) is 0 Å². The van der Waals surface area contributed by atoms with Crippen molar-refractivity contribution in [2.75, 3.05) is 19.3 Å². The predicted octanol–water partition coefficient (Wildman–Crippen LogP) is -0.815. The molecule has 0 aliphatic heterocycles. The fourth-order valence-electron chi connectivity index (χ4n) is 0.151. The average molecular weight is 199 g/mol. The van der Waals surface area contributed by atoms with E-state index in [1.807, 2.05) is 0 Å². The maximum absolute atomic E-state index is 9.56. The van der Waals surface area contributed by atoms with Gasteiger partial charge in [0.1, 0.15) is 0 Å². The first-order chi connectivity index (χ1) is 5.33. The molecule has 0 aliphatic rings. The van der Waals surface area contributed by atoms with Crippen LogP contribution in [-0.2, 0) is 14.9 Å². The lowest BCUT2D eigenvalue weighted by Gasteiger charge is -1.84. The molecule has 0 unspecified atom stereocenters. The van der Waals surface area contributed by atoms with Gasteiger partial charge in [-0.1, -0.05) is 0 Å². The Morgan fingerprint density at radius 3 is 1.83 bits per heavy atom. The summed E-state index contributed by atoms with van der Waals surface area (Å²) in [5.74, 6) is -1.02. The molecule has 3 N–H and O–H groups in total. The van der Waals surface area contributed by atoms with Gasteiger partial charge in [-0.2, -0.15) is 8.42 Å². The van der Waals surface area contributed by atoms with Gasteiger partial charge in [0.2, 0.25) is 0 Å². The van der Waals surface area contributed by atoms with Crippen molar-refractivity contribution < 1.29 is 22.9 Å². The Morgan fingerprint density at radius 2 is 1.83 bits per heavy atom. The number of aliphatic carboxylic acids is 1. The number of likely N-dealkylation sites (N-methyl/N-ethyl adjacent to an activating group) is 1. The molecular weight excluding hydrogens is 186 g/mol. The van der Waals surface area contributed by atoms with E-state index < -0.39 is 16.1 Å². The van der Waals surface area contributed by atoms with Crippen LogP contribution in [0.2, 0.25) is 0 Å². The van der Waals surface area contributed by atoms with Gasteiger partial charge in [-0.3, -0.25) is 9.35 Å². The summed E-state index contributed by atoms with van der Waals surface area (Å²) < 4.78 is 26.9. The van der Waals surface area contributed by atoms with E-state index >= 15 is 0 Å². The summed E-state index contributed by atoms with van der Waals surface area (Å²) >= 11 is 0. The minimum absolute atomic E-state index is 0.0417. The summed E-state index contributed by atoms with van der Waals surface area (Å²) in [7, 11) is -2.07. The molecule has 0 rings (SSSR count). The van der Waals surface area contributed by atoms with E-state index in [2.05, 4.69) is 5.32 Å². The number of carboxylic acids is 1. The molecule has 0 saturated carbocycles. The van der Waals surface area contributed by atoms with Gasteiger partial charge in [-0.15, -0.1) is 0 Å². The van der Waals surface area contributed by atoms with Gasteiger partial charge in [0.25, 0.3) is 10.1 Å². The maximum atomic E-state index is 9.56. The molecule has 0 aromatic rings. The molecule has 0 aromatic carbocycles. The summed E-state index contributed by atoms with van der Waals surface area (Å²) in [4.78, 5) is 9.54. The highest BCUT2D eigenvalue weighted by molar-refractivity contribution is 7.85. The van der Waals surface area contributed by atoms with Crippen LogP contribution in [0.1, 0.15) is 6.92 Å². The zero-order valence-corrected chi connectivity index (χ0v) is 7.76. The molecule has 0 bridgehead atoms. The lowest BCUT2D eigenvalue weighted by atomic mass is 10.7. The first kappa shape index (κ1) is 13.9. The summed E-state index contributed by atoms with van der Waals surface area (Å²) in [6, 6.07) is 0. The fraction of sp³-hybridized carbons (Fsp3) is 0.800. The molecular formula is C5H13NO5S. The average Bonchev–Trinajstić information content (AvgIpc) is 1.87. The summed E-state index contributed by atoms with van der Waals surface area (Å²) in [5.41, 5.74) is 0. The van der Waals surface area contributed by atoms with Crippen molar-refractivity contribution in [1.82, 2.24) is 5.32 Å². The van der Waals surface area contributed by atoms with E-state index in [9.17, 15) is 13.2 Å². The molecule has 12 heavy (non-hydrogen) atoms. The van der Waals surface area contributed by atoms with Gasteiger partial charge >= 0.3 is 5.97 Å². The van der Waals surface area contributed by atoms with Crippen molar-refractivity contribution in [2.45, 2.75) is 6.92 Å². The zero-order valence-electron chi connectivity index (χ0n) is 6.94. The third-order valence-electron chi connectivity index (χ3n) is 0.693. The van der Waals surface area contributed by atoms with Crippen LogP contribution < -0.4 is 5.32 Å². The highest BCUT2D eigenvalue weighted by Gasteiger charge is 1.93. The quantitative estimate of drug-likeness (QED) is 0.513. The third kappa shape index (κ3) is 22.8. The van der Waals surface area contributed by atoms with Gasteiger partial charge in [0.15, 0.2) is 0 Å². The SMILES string of the molecule is CCS(=O)(=O)O.CNCC(=O)O. The Morgan fingerprint density at radius 1 is 1.50 bits per heavy atom. The molecule has 0 spiro atoms. The minimum atomic E-state index is -3.66. The van der Waals surface area contributed by atoms with E-state index in [1.165, 1.54) is 6.92 Å². The molecule has 7 heteroatoms. The molecule has 0 fully saturated rings. The van der Waals surface area contributed by atoms with Gasteiger partial charge in [-0.05, 0) is 14.0 Å². The molecule has 0 radical (unpaired) electrons. The van der Waals surface area contributed by atoms with Crippen LogP contribution in [0, 0.1) is 0 Å². The van der Waals surface area contributed by atoms with Crippen molar-refractivity contribution in [2.24, 2.45) is 0 Å². The van der Waals surface area contributed by atoms with E-state index in [1.54, 1.807) is 7.05 Å². The topological polar surface area (TPSA) is 104 Å². The second-order valence-corrected chi connectivity index (χ2v) is 3.54. The summed E-state index contributed by atoms with van der Waals surface area (Å²) in [6.07, 6.45) is 0. The molecule has 0 atom stereocenters. The van der Waals surface area contributed by atoms with E-state index in [0.29, 0.717) is 0 Å². The first-order valence-electron chi connectivity index (χ1n) is 3.15. The molecule has 0 aliphatic carbocycles. The highest BCUT2D eigenvalue weighted by Crippen LogP contribution is 1.74. The first-order valence-corrected chi connectivity index (χ1v) is 4.76. The summed E-state index contributed by atoms with van der Waals surface area (Å²) in [6.45, 7) is 1.41. The van der Waals surface area contributed by atoms with Crippen LogP contribution in [-0.4, -0.2) is 43.4 Å². The largest absolute Gasteiger partial charge is 0.480 e. The molecule has 0 amide bonds. The molecule has 0 aromatic heterocycles. The Balaban J connectivity index is 0. The molecule has 74 valence electrons. The van der Waals surface area contributed by atoms with Gasteiger partial charge in [-0.25, -0.2) is 0 Å². The monoisotopic (exact) mass is 199 g/mol. The normalized spacial score (nSPS) is 9.92. The van der Waals surface area contributed by atoms with Crippen molar-refractivity contribution in [1.29, 1.82) is 0 Å². The molecule has 0 heterocycles. The second-order valence-electron chi connectivity index (χ2n) is 1.79. The number of hydrogen-bond donors (Lipinski definition) is 3. The number of carboxylic acid groups (broad SMARTS) is 1. The third-order valence-corrected chi connectivity index (χ3v) is 1.42. The Labute approximate surface area is 71.3 Å². The maximum Gasteiger partial charge on any atom is 0.317 e. The number of hydrogen-bond acceptors (Lipinski definition) is 4. The van der Waals surface area contributed by atoms with E-state index in [-0.39, 0.29) is 12.3 Å². The predicted molar refractivity (Wildman–Crippen MR) is 43.7 cm³/mol. The smallest absolute Gasteiger partial charge is 0.317 e.